The molecule has 0 radical (unpaired) electrons. The van der Waals surface area contributed by atoms with E-state index >= 15 is 0 Å². The molecule has 0 amide bonds. The summed E-state index contributed by atoms with van der Waals surface area (Å²) in [5, 5.41) is 13.2. The van der Waals surface area contributed by atoms with Gasteiger partial charge in [-0.3, -0.25) is 0 Å². The molecule has 0 bridgehead atoms. The molecule has 0 saturated carbocycles. The zero-order valence-electron chi connectivity index (χ0n) is 11.2. The normalized spacial score (nSPS) is 18.1. The molecule has 1 aromatic carbocycles. The third-order valence-electron chi connectivity index (χ3n) is 3.78. The van der Waals surface area contributed by atoms with Crippen LogP contribution in [0.25, 0.3) is 22.4 Å². The van der Waals surface area contributed by atoms with Crippen LogP contribution in [0.2, 0.25) is 0 Å². The summed E-state index contributed by atoms with van der Waals surface area (Å²) in [7, 11) is 0. The van der Waals surface area contributed by atoms with Crippen LogP contribution in [0.3, 0.4) is 0 Å². The molecule has 0 saturated heterocycles. The van der Waals surface area contributed by atoms with Crippen molar-refractivity contribution in [2.75, 3.05) is 6.54 Å². The number of hydrogen-bond acceptors (Lipinski definition) is 4. The van der Waals surface area contributed by atoms with E-state index in [1.807, 2.05) is 24.3 Å². The van der Waals surface area contributed by atoms with Crippen molar-refractivity contribution in [1.29, 1.82) is 0 Å². The largest absolute Gasteiger partial charge is 0.307 e. The Labute approximate surface area is 116 Å². The molecule has 1 aliphatic rings. The van der Waals surface area contributed by atoms with Gasteiger partial charge in [0.25, 0.3) is 0 Å². The molecule has 1 unspecified atom stereocenters. The molecule has 3 heterocycles. The monoisotopic (exact) mass is 265 g/mol. The maximum absolute atomic E-state index is 4.71. The van der Waals surface area contributed by atoms with E-state index in [1.165, 1.54) is 0 Å². The van der Waals surface area contributed by atoms with Gasteiger partial charge in [0, 0.05) is 18.5 Å². The molecule has 1 aliphatic heterocycles. The summed E-state index contributed by atoms with van der Waals surface area (Å²) in [5.41, 5.74) is 1.88. The van der Waals surface area contributed by atoms with Crippen molar-refractivity contribution < 1.29 is 0 Å². The third-order valence-corrected chi connectivity index (χ3v) is 3.78. The Morgan fingerprint density at radius 3 is 3.00 bits per heavy atom. The van der Waals surface area contributed by atoms with E-state index in [0.29, 0.717) is 0 Å². The van der Waals surface area contributed by atoms with Gasteiger partial charge in [-0.15, -0.1) is 10.2 Å². The number of aromatic nitrogens is 4. The molecule has 0 aliphatic carbocycles. The molecule has 1 atom stereocenters. The Bertz CT molecular complexity index is 777. The van der Waals surface area contributed by atoms with E-state index in [9.17, 15) is 0 Å². The van der Waals surface area contributed by atoms with Crippen LogP contribution < -0.4 is 5.32 Å². The predicted molar refractivity (Wildman–Crippen MR) is 77.2 cm³/mol. The fourth-order valence-electron chi connectivity index (χ4n) is 2.72. The standard InChI is InChI=1S/C15H15N5/c1-10-14-18-19-15(20(14)9-8-16-10)13-7-6-11-4-2-3-5-12(11)17-13/h2-7,10,16H,8-9H2,1H3. The molecule has 4 rings (SSSR count). The van der Waals surface area contributed by atoms with Crippen molar-refractivity contribution in [3.8, 4) is 11.5 Å². The number of para-hydroxylation sites is 1. The van der Waals surface area contributed by atoms with Crippen molar-refractivity contribution >= 4 is 10.9 Å². The Hall–Kier alpha value is -2.27. The van der Waals surface area contributed by atoms with Gasteiger partial charge >= 0.3 is 0 Å². The first-order valence-electron chi connectivity index (χ1n) is 6.85. The molecular formula is C15H15N5. The maximum Gasteiger partial charge on any atom is 0.182 e. The molecular weight excluding hydrogens is 250 g/mol. The maximum atomic E-state index is 4.71. The number of hydrogen-bond donors (Lipinski definition) is 1. The van der Waals surface area contributed by atoms with Gasteiger partial charge in [-0.1, -0.05) is 24.3 Å². The first-order valence-corrected chi connectivity index (χ1v) is 6.85. The average molecular weight is 265 g/mol. The summed E-state index contributed by atoms with van der Waals surface area (Å²) in [5.74, 6) is 1.85. The van der Waals surface area contributed by atoms with Crippen LogP contribution in [-0.4, -0.2) is 26.3 Å². The highest BCUT2D eigenvalue weighted by Crippen LogP contribution is 2.23. The van der Waals surface area contributed by atoms with Crippen molar-refractivity contribution in [2.45, 2.75) is 19.5 Å². The zero-order chi connectivity index (χ0) is 13.5. The summed E-state index contributed by atoms with van der Waals surface area (Å²) in [6.07, 6.45) is 0. The van der Waals surface area contributed by atoms with Gasteiger partial charge in [-0.05, 0) is 19.1 Å². The zero-order valence-corrected chi connectivity index (χ0v) is 11.2. The second-order valence-electron chi connectivity index (χ2n) is 5.10. The van der Waals surface area contributed by atoms with Crippen LogP contribution in [0.15, 0.2) is 36.4 Å². The minimum atomic E-state index is 0.241. The molecule has 1 N–H and O–H groups in total. The molecule has 100 valence electrons. The van der Waals surface area contributed by atoms with Gasteiger partial charge in [0.1, 0.15) is 11.5 Å². The lowest BCUT2D eigenvalue weighted by atomic mass is 10.2. The van der Waals surface area contributed by atoms with Crippen LogP contribution in [-0.2, 0) is 6.54 Å². The van der Waals surface area contributed by atoms with E-state index in [2.05, 4.69) is 39.1 Å². The lowest BCUT2D eigenvalue weighted by molar-refractivity contribution is 0.439. The van der Waals surface area contributed by atoms with E-state index in [1.54, 1.807) is 0 Å². The van der Waals surface area contributed by atoms with Crippen LogP contribution in [0.4, 0.5) is 0 Å². The number of nitrogens with zero attached hydrogens (tertiary/aromatic N) is 4. The lowest BCUT2D eigenvalue weighted by Crippen LogP contribution is -2.32. The number of benzene rings is 1. The number of nitrogens with one attached hydrogen (secondary N) is 1. The number of pyridine rings is 1. The summed E-state index contributed by atoms with van der Waals surface area (Å²) < 4.78 is 2.16. The Kier molecular flexibility index (Phi) is 2.53. The molecule has 2 aromatic heterocycles. The van der Waals surface area contributed by atoms with Crippen molar-refractivity contribution in [1.82, 2.24) is 25.1 Å². The Balaban J connectivity index is 1.87. The molecule has 5 nitrogen and oxygen atoms in total. The highest BCUT2D eigenvalue weighted by Gasteiger charge is 2.22. The van der Waals surface area contributed by atoms with E-state index < -0.39 is 0 Å². The second kappa shape index (κ2) is 4.38. The third kappa shape index (κ3) is 1.71. The molecule has 20 heavy (non-hydrogen) atoms. The van der Waals surface area contributed by atoms with Gasteiger partial charge in [-0.25, -0.2) is 4.98 Å². The number of fused-ring (bicyclic) bond motifs is 2. The minimum absolute atomic E-state index is 0.241. The fraction of sp³-hybridized carbons (Fsp3) is 0.267. The van der Waals surface area contributed by atoms with Crippen molar-refractivity contribution in [3.05, 3.63) is 42.2 Å². The van der Waals surface area contributed by atoms with Crippen molar-refractivity contribution in [2.24, 2.45) is 0 Å². The van der Waals surface area contributed by atoms with Crippen molar-refractivity contribution in [3.63, 3.8) is 0 Å². The van der Waals surface area contributed by atoms with E-state index in [4.69, 9.17) is 4.98 Å². The van der Waals surface area contributed by atoms with Gasteiger partial charge in [-0.2, -0.15) is 0 Å². The molecule has 5 heteroatoms. The smallest absolute Gasteiger partial charge is 0.182 e. The van der Waals surface area contributed by atoms with Crippen LogP contribution in [0, 0.1) is 0 Å². The fourth-order valence-corrected chi connectivity index (χ4v) is 2.72. The quantitative estimate of drug-likeness (QED) is 0.732. The lowest BCUT2D eigenvalue weighted by Gasteiger charge is -2.21. The minimum Gasteiger partial charge on any atom is -0.307 e. The highest BCUT2D eigenvalue weighted by atomic mass is 15.3. The SMILES string of the molecule is CC1NCCn2c(-c3ccc4ccccc4n3)nnc21. The molecule has 0 spiro atoms. The number of rotatable bonds is 1. The van der Waals surface area contributed by atoms with E-state index in [-0.39, 0.29) is 6.04 Å². The topological polar surface area (TPSA) is 55.6 Å². The Morgan fingerprint density at radius 1 is 1.15 bits per heavy atom. The Morgan fingerprint density at radius 2 is 2.05 bits per heavy atom. The average Bonchev–Trinajstić information content (AvgIpc) is 2.92. The summed E-state index contributed by atoms with van der Waals surface area (Å²) in [4.78, 5) is 4.71. The van der Waals surface area contributed by atoms with Crippen LogP contribution in [0.1, 0.15) is 18.8 Å². The van der Waals surface area contributed by atoms with Crippen LogP contribution >= 0.6 is 0 Å². The summed E-state index contributed by atoms with van der Waals surface area (Å²) in [6.45, 7) is 3.93. The van der Waals surface area contributed by atoms with Crippen LogP contribution in [0.5, 0.6) is 0 Å². The first kappa shape index (κ1) is 11.5. The van der Waals surface area contributed by atoms with Gasteiger partial charge < -0.3 is 9.88 Å². The van der Waals surface area contributed by atoms with Gasteiger partial charge in [0.05, 0.1) is 11.6 Å². The molecule has 0 fully saturated rings. The first-order chi connectivity index (χ1) is 9.83. The van der Waals surface area contributed by atoms with Gasteiger partial charge in [0.2, 0.25) is 0 Å². The second-order valence-corrected chi connectivity index (χ2v) is 5.10. The highest BCUT2D eigenvalue weighted by molar-refractivity contribution is 5.80. The van der Waals surface area contributed by atoms with Gasteiger partial charge in [0.15, 0.2) is 5.82 Å². The summed E-state index contributed by atoms with van der Waals surface area (Å²) in [6, 6.07) is 12.5. The van der Waals surface area contributed by atoms with E-state index in [0.717, 1.165) is 41.3 Å². The summed E-state index contributed by atoms with van der Waals surface area (Å²) >= 11 is 0. The predicted octanol–water partition coefficient (Wildman–Crippen LogP) is 2.16. The molecule has 3 aromatic rings.